The maximum absolute atomic E-state index is 10.2. The molecule has 0 amide bonds. The first-order valence-corrected chi connectivity index (χ1v) is 9.77. The summed E-state index contributed by atoms with van der Waals surface area (Å²) in [6.07, 6.45) is 20.0. The van der Waals surface area contributed by atoms with Gasteiger partial charge in [-0.3, -0.25) is 0 Å². The number of hydrogen-bond donors (Lipinski definition) is 3. The second-order valence-corrected chi connectivity index (χ2v) is 7.11. The van der Waals surface area contributed by atoms with Crippen LogP contribution >= 0.6 is 0 Å². The van der Waals surface area contributed by atoms with Crippen molar-refractivity contribution in [3.63, 3.8) is 0 Å². The highest BCUT2D eigenvalue weighted by Gasteiger charge is 2.31. The zero-order valence-corrected chi connectivity index (χ0v) is 15.0. The van der Waals surface area contributed by atoms with E-state index in [1.54, 1.807) is 0 Å². The standard InChI is InChI=1S/C20H37NO2/c1-3-5-6-7-8-9-10-11-12-13-14-20(23)18-16-15-17(21-18)19(22)4-2/h2,17-23H,3,5-16H2,1H3/t17-,18-,19-,20-/m0/s1. The summed E-state index contributed by atoms with van der Waals surface area (Å²) in [5, 5.41) is 23.2. The number of terminal acetylenes is 1. The van der Waals surface area contributed by atoms with Crippen molar-refractivity contribution in [2.24, 2.45) is 0 Å². The summed E-state index contributed by atoms with van der Waals surface area (Å²) in [7, 11) is 0. The Labute approximate surface area is 143 Å². The fourth-order valence-corrected chi connectivity index (χ4v) is 3.51. The van der Waals surface area contributed by atoms with Gasteiger partial charge in [0.15, 0.2) is 0 Å². The fourth-order valence-electron chi connectivity index (χ4n) is 3.51. The summed E-state index contributed by atoms with van der Waals surface area (Å²) < 4.78 is 0. The van der Waals surface area contributed by atoms with E-state index in [1.807, 2.05) is 0 Å². The molecule has 3 N–H and O–H groups in total. The molecule has 1 rings (SSSR count). The largest absolute Gasteiger partial charge is 0.392 e. The molecule has 23 heavy (non-hydrogen) atoms. The van der Waals surface area contributed by atoms with Crippen molar-refractivity contribution in [3.05, 3.63) is 0 Å². The topological polar surface area (TPSA) is 52.5 Å². The minimum atomic E-state index is -0.732. The lowest BCUT2D eigenvalue weighted by Gasteiger charge is -2.20. The monoisotopic (exact) mass is 323 g/mol. The van der Waals surface area contributed by atoms with Crippen LogP contribution in [0.3, 0.4) is 0 Å². The van der Waals surface area contributed by atoms with Crippen molar-refractivity contribution in [2.75, 3.05) is 0 Å². The second-order valence-electron chi connectivity index (χ2n) is 7.11. The van der Waals surface area contributed by atoms with Gasteiger partial charge in [0, 0.05) is 12.1 Å². The first-order valence-electron chi connectivity index (χ1n) is 9.77. The van der Waals surface area contributed by atoms with Crippen LogP contribution in [0.1, 0.15) is 90.4 Å². The lowest BCUT2D eigenvalue weighted by Crippen LogP contribution is -2.42. The molecule has 0 bridgehead atoms. The Kier molecular flexibility index (Phi) is 11.4. The maximum Gasteiger partial charge on any atom is 0.129 e. The average molecular weight is 324 g/mol. The fraction of sp³-hybridized carbons (Fsp3) is 0.900. The molecule has 1 heterocycles. The molecule has 3 nitrogen and oxygen atoms in total. The van der Waals surface area contributed by atoms with Gasteiger partial charge in [-0.25, -0.2) is 0 Å². The van der Waals surface area contributed by atoms with Crippen LogP contribution in [0.2, 0.25) is 0 Å². The summed E-state index contributed by atoms with van der Waals surface area (Å²) >= 11 is 0. The predicted octanol–water partition coefficient (Wildman–Crippen LogP) is 3.77. The van der Waals surface area contributed by atoms with Gasteiger partial charge in [-0.15, -0.1) is 6.42 Å². The van der Waals surface area contributed by atoms with E-state index >= 15 is 0 Å². The predicted molar refractivity (Wildman–Crippen MR) is 97.3 cm³/mol. The molecule has 0 unspecified atom stereocenters. The van der Waals surface area contributed by atoms with Gasteiger partial charge in [0.2, 0.25) is 0 Å². The molecule has 1 fully saturated rings. The first-order chi connectivity index (χ1) is 11.2. The molecule has 0 aromatic carbocycles. The van der Waals surface area contributed by atoms with E-state index in [9.17, 15) is 10.2 Å². The first kappa shape index (κ1) is 20.5. The minimum absolute atomic E-state index is 0.0487. The van der Waals surface area contributed by atoms with Crippen molar-refractivity contribution >= 4 is 0 Å². The van der Waals surface area contributed by atoms with Gasteiger partial charge in [-0.05, 0) is 19.3 Å². The zero-order chi connectivity index (χ0) is 16.9. The number of unbranched alkanes of at least 4 members (excludes halogenated alkanes) is 9. The number of aliphatic hydroxyl groups is 2. The normalized spacial score (nSPS) is 23.6. The lowest BCUT2D eigenvalue weighted by molar-refractivity contribution is 0.114. The molecule has 1 aliphatic heterocycles. The van der Waals surface area contributed by atoms with Crippen LogP contribution < -0.4 is 5.32 Å². The van der Waals surface area contributed by atoms with Gasteiger partial charge in [0.1, 0.15) is 6.10 Å². The van der Waals surface area contributed by atoms with Gasteiger partial charge in [0.05, 0.1) is 6.10 Å². The molecule has 0 saturated carbocycles. The highest BCUT2D eigenvalue weighted by atomic mass is 16.3. The van der Waals surface area contributed by atoms with E-state index in [4.69, 9.17) is 6.42 Å². The number of aliphatic hydroxyl groups excluding tert-OH is 2. The third kappa shape index (κ3) is 8.74. The third-order valence-electron chi connectivity index (χ3n) is 5.09. The lowest BCUT2D eigenvalue weighted by atomic mass is 10.0. The molecule has 1 aliphatic rings. The number of hydrogen-bond acceptors (Lipinski definition) is 3. The van der Waals surface area contributed by atoms with Crippen molar-refractivity contribution < 1.29 is 10.2 Å². The SMILES string of the molecule is C#C[C@H](O)[C@@H]1CC[C@@H]([C@@H](O)CCCCCCCCCCCC)N1. The highest BCUT2D eigenvalue weighted by Crippen LogP contribution is 2.21. The summed E-state index contributed by atoms with van der Waals surface area (Å²) in [6.45, 7) is 2.26. The van der Waals surface area contributed by atoms with E-state index in [1.165, 1.54) is 57.8 Å². The van der Waals surface area contributed by atoms with Crippen molar-refractivity contribution in [2.45, 2.75) is 115 Å². The van der Waals surface area contributed by atoms with Crippen molar-refractivity contribution in [1.82, 2.24) is 5.32 Å². The Morgan fingerprint density at radius 3 is 2.00 bits per heavy atom. The Balaban J connectivity index is 1.95. The molecule has 3 heteroatoms. The molecule has 134 valence electrons. The van der Waals surface area contributed by atoms with E-state index in [2.05, 4.69) is 18.2 Å². The Hall–Kier alpha value is -0.560. The highest BCUT2D eigenvalue weighted by molar-refractivity contribution is 5.04. The molecule has 0 spiro atoms. The van der Waals surface area contributed by atoms with Gasteiger partial charge in [-0.1, -0.05) is 77.1 Å². The summed E-state index contributed by atoms with van der Waals surface area (Å²) in [6, 6.07) is 0.0499. The molecule has 0 radical (unpaired) electrons. The van der Waals surface area contributed by atoms with Gasteiger partial charge < -0.3 is 15.5 Å². The summed E-state index contributed by atoms with van der Waals surface area (Å²) in [4.78, 5) is 0. The molecule has 1 saturated heterocycles. The van der Waals surface area contributed by atoms with Crippen LogP contribution in [0.5, 0.6) is 0 Å². The maximum atomic E-state index is 10.2. The quantitative estimate of drug-likeness (QED) is 0.357. The second kappa shape index (κ2) is 12.8. The van der Waals surface area contributed by atoms with Crippen LogP contribution in [0, 0.1) is 12.3 Å². The Bertz CT molecular complexity index is 326. The van der Waals surface area contributed by atoms with Gasteiger partial charge in [-0.2, -0.15) is 0 Å². The van der Waals surface area contributed by atoms with Gasteiger partial charge in [0.25, 0.3) is 0 Å². The van der Waals surface area contributed by atoms with Crippen molar-refractivity contribution in [3.8, 4) is 12.3 Å². The average Bonchev–Trinajstić information content (AvgIpc) is 3.05. The van der Waals surface area contributed by atoms with E-state index in [0.29, 0.717) is 0 Å². The summed E-state index contributed by atoms with van der Waals surface area (Å²) in [5.74, 6) is 2.37. The third-order valence-corrected chi connectivity index (χ3v) is 5.09. The van der Waals surface area contributed by atoms with E-state index < -0.39 is 6.10 Å². The van der Waals surface area contributed by atoms with E-state index in [0.717, 1.165) is 25.7 Å². The van der Waals surface area contributed by atoms with E-state index in [-0.39, 0.29) is 18.2 Å². The van der Waals surface area contributed by atoms with Crippen LogP contribution in [-0.2, 0) is 0 Å². The van der Waals surface area contributed by atoms with Crippen LogP contribution in [-0.4, -0.2) is 34.5 Å². The number of rotatable bonds is 13. The molecule has 0 aliphatic carbocycles. The number of nitrogens with one attached hydrogen (secondary N) is 1. The Morgan fingerprint density at radius 1 is 0.913 bits per heavy atom. The van der Waals surface area contributed by atoms with Crippen LogP contribution in [0.15, 0.2) is 0 Å². The molecule has 0 aromatic heterocycles. The summed E-state index contributed by atoms with van der Waals surface area (Å²) in [5.41, 5.74) is 0. The Morgan fingerprint density at radius 2 is 1.43 bits per heavy atom. The van der Waals surface area contributed by atoms with Gasteiger partial charge >= 0.3 is 0 Å². The molecule has 4 atom stereocenters. The molecular weight excluding hydrogens is 286 g/mol. The zero-order valence-electron chi connectivity index (χ0n) is 15.0. The van der Waals surface area contributed by atoms with Crippen LogP contribution in [0.4, 0.5) is 0 Å². The molecule has 0 aromatic rings. The minimum Gasteiger partial charge on any atom is -0.392 e. The smallest absolute Gasteiger partial charge is 0.129 e. The van der Waals surface area contributed by atoms with Crippen LogP contribution in [0.25, 0.3) is 0 Å². The molecular formula is C20H37NO2. The van der Waals surface area contributed by atoms with Crippen molar-refractivity contribution in [1.29, 1.82) is 0 Å².